The van der Waals surface area contributed by atoms with E-state index in [0.717, 1.165) is 39.1 Å². The summed E-state index contributed by atoms with van der Waals surface area (Å²) >= 11 is 0. The average Bonchev–Trinajstić information content (AvgIpc) is 2.09. The van der Waals surface area contributed by atoms with Gasteiger partial charge in [-0.05, 0) is 13.0 Å². The van der Waals surface area contributed by atoms with Crippen LogP contribution >= 0.6 is 0 Å². The lowest BCUT2D eigenvalue weighted by Gasteiger charge is -2.27. The molecule has 0 saturated carbocycles. The van der Waals surface area contributed by atoms with Gasteiger partial charge in [-0.25, -0.2) is 4.79 Å². The molecule has 1 heterocycles. The van der Waals surface area contributed by atoms with Crippen molar-refractivity contribution in [2.75, 3.05) is 32.7 Å². The first-order valence-electron chi connectivity index (χ1n) is 4.58. The number of likely N-dealkylation sites (N-methyl/N-ethyl adjacent to an activating group) is 1. The Morgan fingerprint density at radius 3 is 3.17 bits per heavy atom. The molecule has 0 aromatic carbocycles. The van der Waals surface area contributed by atoms with Crippen LogP contribution in [0.15, 0.2) is 0 Å². The van der Waals surface area contributed by atoms with Crippen molar-refractivity contribution in [1.82, 2.24) is 15.5 Å². The van der Waals surface area contributed by atoms with Gasteiger partial charge in [-0.2, -0.15) is 0 Å². The van der Waals surface area contributed by atoms with Crippen LogP contribution in [-0.4, -0.2) is 43.7 Å². The highest BCUT2D eigenvalue weighted by atomic mass is 16.2. The molecular weight excluding hydrogens is 154 g/mol. The highest BCUT2D eigenvalue weighted by Crippen LogP contribution is 1.96. The number of rotatable bonds is 4. The first-order valence-corrected chi connectivity index (χ1v) is 4.58. The fourth-order valence-corrected chi connectivity index (χ4v) is 1.28. The third kappa shape index (κ3) is 2.70. The first-order chi connectivity index (χ1) is 5.84. The number of hydrogen-bond acceptors (Lipinski definition) is 2. The van der Waals surface area contributed by atoms with Crippen molar-refractivity contribution in [3.05, 3.63) is 0 Å². The maximum absolute atomic E-state index is 11.2. The van der Waals surface area contributed by atoms with E-state index in [2.05, 4.69) is 17.6 Å². The summed E-state index contributed by atoms with van der Waals surface area (Å²) in [6, 6.07) is 0.0825. The highest BCUT2D eigenvalue weighted by molar-refractivity contribution is 5.74. The molecule has 70 valence electrons. The molecule has 4 nitrogen and oxygen atoms in total. The Morgan fingerprint density at radius 1 is 1.67 bits per heavy atom. The van der Waals surface area contributed by atoms with Crippen LogP contribution in [0.5, 0.6) is 0 Å². The number of nitrogens with one attached hydrogen (secondary N) is 2. The minimum Gasteiger partial charge on any atom is -0.338 e. The van der Waals surface area contributed by atoms with Gasteiger partial charge in [0.25, 0.3) is 0 Å². The zero-order chi connectivity index (χ0) is 8.81. The van der Waals surface area contributed by atoms with Gasteiger partial charge in [0.05, 0.1) is 0 Å². The normalized spacial score (nSPS) is 17.8. The molecule has 1 rings (SSSR count). The first kappa shape index (κ1) is 9.32. The second kappa shape index (κ2) is 4.98. The van der Waals surface area contributed by atoms with Crippen LogP contribution in [0.4, 0.5) is 4.79 Å². The second-order valence-corrected chi connectivity index (χ2v) is 2.93. The van der Waals surface area contributed by atoms with Crippen LogP contribution in [0, 0.1) is 0 Å². The van der Waals surface area contributed by atoms with Crippen molar-refractivity contribution in [3.63, 3.8) is 0 Å². The van der Waals surface area contributed by atoms with Crippen LogP contribution < -0.4 is 10.6 Å². The molecule has 0 unspecified atom stereocenters. The molecule has 1 aliphatic rings. The number of urea groups is 1. The number of hydrogen-bond donors (Lipinski definition) is 2. The fraction of sp³-hybridized carbons (Fsp3) is 0.875. The number of amides is 2. The fourth-order valence-electron chi connectivity index (χ4n) is 1.28. The van der Waals surface area contributed by atoms with Crippen molar-refractivity contribution in [2.45, 2.75) is 13.3 Å². The van der Waals surface area contributed by atoms with Gasteiger partial charge in [-0.15, -0.1) is 0 Å². The number of nitrogens with zero attached hydrogens (tertiary/aromatic N) is 1. The van der Waals surface area contributed by atoms with Gasteiger partial charge in [-0.1, -0.05) is 6.92 Å². The summed E-state index contributed by atoms with van der Waals surface area (Å²) in [7, 11) is 0. The van der Waals surface area contributed by atoms with Crippen LogP contribution in [0.2, 0.25) is 0 Å². The Kier molecular flexibility index (Phi) is 3.87. The monoisotopic (exact) mass is 171 g/mol. The molecule has 0 aromatic heterocycles. The summed E-state index contributed by atoms with van der Waals surface area (Å²) in [6.07, 6.45) is 1.07. The van der Waals surface area contributed by atoms with Gasteiger partial charge < -0.3 is 15.5 Å². The summed E-state index contributed by atoms with van der Waals surface area (Å²) in [4.78, 5) is 13.0. The smallest absolute Gasteiger partial charge is 0.317 e. The van der Waals surface area contributed by atoms with E-state index in [0.29, 0.717) is 0 Å². The Balaban J connectivity index is 2.16. The summed E-state index contributed by atoms with van der Waals surface area (Å²) in [6.45, 7) is 6.48. The Hall–Kier alpha value is -0.770. The SMILES string of the molecule is CCNCCN1CCCNC1=O. The molecule has 12 heavy (non-hydrogen) atoms. The summed E-state index contributed by atoms with van der Waals surface area (Å²) in [5.41, 5.74) is 0. The molecule has 2 N–H and O–H groups in total. The van der Waals surface area contributed by atoms with Gasteiger partial charge in [0, 0.05) is 26.2 Å². The quantitative estimate of drug-likeness (QED) is 0.585. The molecule has 1 aliphatic heterocycles. The predicted molar refractivity (Wildman–Crippen MR) is 48.1 cm³/mol. The van der Waals surface area contributed by atoms with E-state index < -0.39 is 0 Å². The van der Waals surface area contributed by atoms with E-state index in [1.807, 2.05) is 4.90 Å². The molecule has 0 aromatic rings. The molecule has 0 aliphatic carbocycles. The molecular formula is C8H17N3O. The molecule has 0 radical (unpaired) electrons. The van der Waals surface area contributed by atoms with E-state index >= 15 is 0 Å². The topological polar surface area (TPSA) is 44.4 Å². The molecule has 2 amide bonds. The maximum atomic E-state index is 11.2. The minimum absolute atomic E-state index is 0.0825. The van der Waals surface area contributed by atoms with Crippen molar-refractivity contribution in [2.24, 2.45) is 0 Å². The number of carbonyl (C=O) groups excluding carboxylic acids is 1. The van der Waals surface area contributed by atoms with E-state index in [-0.39, 0.29) is 6.03 Å². The molecule has 0 bridgehead atoms. The summed E-state index contributed by atoms with van der Waals surface area (Å²) in [5.74, 6) is 0. The Bertz CT molecular complexity index is 149. The zero-order valence-electron chi connectivity index (χ0n) is 7.60. The van der Waals surface area contributed by atoms with E-state index in [4.69, 9.17) is 0 Å². The van der Waals surface area contributed by atoms with Gasteiger partial charge in [0.2, 0.25) is 0 Å². The van der Waals surface area contributed by atoms with Gasteiger partial charge in [0.15, 0.2) is 0 Å². The minimum atomic E-state index is 0.0825. The van der Waals surface area contributed by atoms with Crippen LogP contribution in [0.25, 0.3) is 0 Å². The molecule has 4 heteroatoms. The van der Waals surface area contributed by atoms with Crippen molar-refractivity contribution in [3.8, 4) is 0 Å². The van der Waals surface area contributed by atoms with Crippen LogP contribution in [0.3, 0.4) is 0 Å². The average molecular weight is 171 g/mol. The maximum Gasteiger partial charge on any atom is 0.317 e. The largest absolute Gasteiger partial charge is 0.338 e. The predicted octanol–water partition coefficient (Wildman–Crippen LogP) is 0.0112. The van der Waals surface area contributed by atoms with Crippen molar-refractivity contribution >= 4 is 6.03 Å². The summed E-state index contributed by atoms with van der Waals surface area (Å²) in [5, 5.41) is 6.01. The van der Waals surface area contributed by atoms with Crippen molar-refractivity contribution in [1.29, 1.82) is 0 Å². The Morgan fingerprint density at radius 2 is 2.50 bits per heavy atom. The highest BCUT2D eigenvalue weighted by Gasteiger charge is 2.15. The standard InChI is InChI=1S/C8H17N3O/c1-2-9-5-7-11-6-3-4-10-8(11)12/h9H,2-7H2,1H3,(H,10,12). The molecule has 0 atom stereocenters. The van der Waals surface area contributed by atoms with Gasteiger partial charge in [-0.3, -0.25) is 0 Å². The van der Waals surface area contributed by atoms with Crippen molar-refractivity contribution < 1.29 is 4.79 Å². The lowest BCUT2D eigenvalue weighted by molar-refractivity contribution is 0.186. The van der Waals surface area contributed by atoms with E-state index in [1.54, 1.807) is 0 Å². The van der Waals surface area contributed by atoms with Crippen LogP contribution in [-0.2, 0) is 0 Å². The molecule has 0 spiro atoms. The second-order valence-electron chi connectivity index (χ2n) is 2.93. The van der Waals surface area contributed by atoms with Gasteiger partial charge >= 0.3 is 6.03 Å². The molecule has 1 saturated heterocycles. The van der Waals surface area contributed by atoms with E-state index in [1.165, 1.54) is 0 Å². The third-order valence-corrected chi connectivity index (χ3v) is 1.98. The summed E-state index contributed by atoms with van der Waals surface area (Å²) < 4.78 is 0. The zero-order valence-corrected chi connectivity index (χ0v) is 7.60. The lowest BCUT2D eigenvalue weighted by Crippen LogP contribution is -2.48. The Labute approximate surface area is 73.3 Å². The third-order valence-electron chi connectivity index (χ3n) is 1.98. The van der Waals surface area contributed by atoms with Gasteiger partial charge in [0.1, 0.15) is 0 Å². The van der Waals surface area contributed by atoms with Crippen LogP contribution in [0.1, 0.15) is 13.3 Å². The van der Waals surface area contributed by atoms with E-state index in [9.17, 15) is 4.79 Å². The number of carbonyl (C=O) groups is 1. The molecule has 1 fully saturated rings. The lowest BCUT2D eigenvalue weighted by atomic mass is 10.3.